The lowest BCUT2D eigenvalue weighted by Gasteiger charge is -2.12. The maximum absolute atomic E-state index is 12.5. The summed E-state index contributed by atoms with van der Waals surface area (Å²) in [5.41, 5.74) is 0.593. The first-order valence-corrected chi connectivity index (χ1v) is 8.16. The van der Waals surface area contributed by atoms with Crippen LogP contribution in [0.2, 0.25) is 0 Å². The maximum Gasteiger partial charge on any atom is 0.343 e. The number of imide groups is 1. The van der Waals surface area contributed by atoms with Gasteiger partial charge in [0, 0.05) is 0 Å². The van der Waals surface area contributed by atoms with Crippen molar-refractivity contribution in [2.24, 2.45) is 0 Å². The van der Waals surface area contributed by atoms with E-state index in [2.05, 4.69) is 5.32 Å². The molecule has 0 bridgehead atoms. The van der Waals surface area contributed by atoms with Gasteiger partial charge in [0.15, 0.2) is 0 Å². The van der Waals surface area contributed by atoms with Crippen LogP contribution in [0.4, 0.5) is 4.79 Å². The summed E-state index contributed by atoms with van der Waals surface area (Å²) in [5.74, 6) is -0.900. The highest BCUT2D eigenvalue weighted by Crippen LogP contribution is 2.22. The third-order valence-corrected chi connectivity index (χ3v) is 4.91. The Hall–Kier alpha value is -2.93. The number of hydrogen-bond acceptors (Lipinski definition) is 4. The standard InChI is InChI=1S/C16H12N2O4S/c19-15-14(11-12-7-3-1-4-8-12)17-16(20)18(15)23(21,22)13-9-5-2-6-10-13/h1-11H,(H,17,20)/b14-11-. The average molecular weight is 328 g/mol. The van der Waals surface area contributed by atoms with Gasteiger partial charge in [0.05, 0.1) is 4.90 Å². The molecule has 0 unspecified atom stereocenters. The van der Waals surface area contributed by atoms with Crippen LogP contribution in [0.3, 0.4) is 0 Å². The molecular formula is C16H12N2O4S. The van der Waals surface area contributed by atoms with E-state index in [9.17, 15) is 18.0 Å². The molecule has 3 amide bonds. The molecule has 7 heteroatoms. The first-order chi connectivity index (χ1) is 11.0. The first kappa shape index (κ1) is 15.0. The number of urea groups is 1. The second-order valence-corrected chi connectivity index (χ2v) is 6.57. The number of hydrogen-bond donors (Lipinski definition) is 1. The van der Waals surface area contributed by atoms with Crippen molar-refractivity contribution < 1.29 is 18.0 Å². The third kappa shape index (κ3) is 2.74. The molecule has 1 aliphatic rings. The molecule has 0 spiro atoms. The molecule has 1 heterocycles. The third-order valence-electron chi connectivity index (χ3n) is 3.23. The number of nitrogens with zero attached hydrogens (tertiary/aromatic N) is 1. The second kappa shape index (κ2) is 5.69. The van der Waals surface area contributed by atoms with E-state index in [1.54, 1.807) is 30.3 Å². The van der Waals surface area contributed by atoms with Gasteiger partial charge in [-0.05, 0) is 23.8 Å². The van der Waals surface area contributed by atoms with Gasteiger partial charge in [-0.25, -0.2) is 13.2 Å². The number of benzene rings is 2. The Bertz CT molecular complexity index is 890. The highest BCUT2D eigenvalue weighted by atomic mass is 32.2. The zero-order valence-corrected chi connectivity index (χ0v) is 12.7. The minimum absolute atomic E-state index is 0.0827. The zero-order chi connectivity index (χ0) is 16.4. The molecule has 6 nitrogen and oxygen atoms in total. The maximum atomic E-state index is 12.5. The fourth-order valence-corrected chi connectivity index (χ4v) is 3.44. The van der Waals surface area contributed by atoms with Crippen molar-refractivity contribution in [1.82, 2.24) is 9.62 Å². The van der Waals surface area contributed by atoms with E-state index in [-0.39, 0.29) is 14.9 Å². The lowest BCUT2D eigenvalue weighted by molar-refractivity contribution is -0.119. The van der Waals surface area contributed by atoms with E-state index in [1.165, 1.54) is 30.3 Å². The Morgan fingerprint density at radius 3 is 2.04 bits per heavy atom. The molecule has 2 aromatic carbocycles. The number of carbonyl (C=O) groups excluding carboxylic acids is 2. The van der Waals surface area contributed by atoms with Crippen molar-refractivity contribution in [3.63, 3.8) is 0 Å². The van der Waals surface area contributed by atoms with Crippen molar-refractivity contribution in [2.75, 3.05) is 0 Å². The fourth-order valence-electron chi connectivity index (χ4n) is 2.15. The van der Waals surface area contributed by atoms with Crippen LogP contribution in [0, 0.1) is 0 Å². The quantitative estimate of drug-likeness (QED) is 0.690. The lowest BCUT2D eigenvalue weighted by atomic mass is 10.2. The van der Waals surface area contributed by atoms with Gasteiger partial charge in [-0.3, -0.25) is 4.79 Å². The number of sulfonamides is 1. The normalized spacial score (nSPS) is 16.7. The fraction of sp³-hybridized carbons (Fsp3) is 0. The SMILES string of the molecule is O=C1N/C(=C\c2ccccc2)C(=O)N1S(=O)(=O)c1ccccc1. The summed E-state index contributed by atoms with van der Waals surface area (Å²) in [6.45, 7) is 0. The van der Waals surface area contributed by atoms with Crippen LogP contribution in [-0.4, -0.2) is 24.7 Å². The minimum atomic E-state index is -4.23. The van der Waals surface area contributed by atoms with Gasteiger partial charge in [0.2, 0.25) is 0 Å². The minimum Gasteiger partial charge on any atom is -0.302 e. The summed E-state index contributed by atoms with van der Waals surface area (Å²) in [7, 11) is -4.23. The first-order valence-electron chi connectivity index (χ1n) is 6.72. The van der Waals surface area contributed by atoms with Crippen LogP contribution in [0.5, 0.6) is 0 Å². The van der Waals surface area contributed by atoms with Gasteiger partial charge in [0.25, 0.3) is 15.9 Å². The van der Waals surface area contributed by atoms with Crippen molar-refractivity contribution in [3.8, 4) is 0 Å². The monoisotopic (exact) mass is 328 g/mol. The molecule has 3 rings (SSSR count). The van der Waals surface area contributed by atoms with Crippen molar-refractivity contribution in [1.29, 1.82) is 0 Å². The molecular weight excluding hydrogens is 316 g/mol. The Labute approximate surface area is 133 Å². The molecule has 0 atom stereocenters. The molecule has 116 valence electrons. The molecule has 0 aliphatic carbocycles. The summed E-state index contributed by atoms with van der Waals surface area (Å²) >= 11 is 0. The Morgan fingerprint density at radius 2 is 1.43 bits per heavy atom. The van der Waals surface area contributed by atoms with Crippen LogP contribution >= 0.6 is 0 Å². The van der Waals surface area contributed by atoms with Crippen LogP contribution < -0.4 is 5.32 Å². The van der Waals surface area contributed by atoms with Gasteiger partial charge >= 0.3 is 6.03 Å². The van der Waals surface area contributed by atoms with Gasteiger partial charge in [-0.15, -0.1) is 4.31 Å². The Kier molecular flexibility index (Phi) is 3.71. The molecule has 0 aromatic heterocycles. The van der Waals surface area contributed by atoms with Crippen molar-refractivity contribution in [3.05, 3.63) is 71.9 Å². The van der Waals surface area contributed by atoms with Gasteiger partial charge in [-0.1, -0.05) is 48.5 Å². The molecule has 0 saturated carbocycles. The van der Waals surface area contributed by atoms with E-state index in [0.29, 0.717) is 5.56 Å². The van der Waals surface area contributed by atoms with E-state index >= 15 is 0 Å². The Balaban J connectivity index is 1.98. The highest BCUT2D eigenvalue weighted by molar-refractivity contribution is 7.90. The zero-order valence-electron chi connectivity index (χ0n) is 11.8. The van der Waals surface area contributed by atoms with Gasteiger partial charge in [-0.2, -0.15) is 0 Å². The summed E-state index contributed by atoms with van der Waals surface area (Å²) in [6.07, 6.45) is 1.43. The second-order valence-electron chi connectivity index (χ2n) is 4.79. The predicted molar refractivity (Wildman–Crippen MR) is 83.4 cm³/mol. The van der Waals surface area contributed by atoms with E-state index < -0.39 is 22.0 Å². The molecule has 1 saturated heterocycles. The number of amides is 3. The van der Waals surface area contributed by atoms with Crippen LogP contribution in [0.15, 0.2) is 71.3 Å². The number of nitrogens with one attached hydrogen (secondary N) is 1. The summed E-state index contributed by atoms with van der Waals surface area (Å²) in [6, 6.07) is 15.2. The van der Waals surface area contributed by atoms with Crippen LogP contribution in [0.1, 0.15) is 5.56 Å². The average Bonchev–Trinajstić information content (AvgIpc) is 2.83. The summed E-state index contributed by atoms with van der Waals surface area (Å²) in [4.78, 5) is 24.2. The van der Waals surface area contributed by atoms with Gasteiger partial charge in [0.1, 0.15) is 5.70 Å². The molecule has 1 fully saturated rings. The topological polar surface area (TPSA) is 83.6 Å². The van der Waals surface area contributed by atoms with E-state index in [1.807, 2.05) is 6.07 Å². The van der Waals surface area contributed by atoms with Crippen LogP contribution in [-0.2, 0) is 14.8 Å². The highest BCUT2D eigenvalue weighted by Gasteiger charge is 2.43. The van der Waals surface area contributed by atoms with Crippen molar-refractivity contribution >= 4 is 28.0 Å². The smallest absolute Gasteiger partial charge is 0.302 e. The van der Waals surface area contributed by atoms with E-state index in [4.69, 9.17) is 0 Å². The predicted octanol–water partition coefficient (Wildman–Crippen LogP) is 1.97. The molecule has 1 aliphatic heterocycles. The lowest BCUT2D eigenvalue weighted by Crippen LogP contribution is -2.36. The van der Waals surface area contributed by atoms with Crippen LogP contribution in [0.25, 0.3) is 6.08 Å². The summed E-state index contributed by atoms with van der Waals surface area (Å²) < 4.78 is 25.2. The summed E-state index contributed by atoms with van der Waals surface area (Å²) in [5, 5.41) is 2.30. The molecule has 0 radical (unpaired) electrons. The molecule has 23 heavy (non-hydrogen) atoms. The van der Waals surface area contributed by atoms with Crippen molar-refractivity contribution in [2.45, 2.75) is 4.90 Å². The molecule has 2 aromatic rings. The van der Waals surface area contributed by atoms with E-state index in [0.717, 1.165) is 0 Å². The Morgan fingerprint density at radius 1 is 0.870 bits per heavy atom. The van der Waals surface area contributed by atoms with Gasteiger partial charge < -0.3 is 5.32 Å². The molecule has 1 N–H and O–H groups in total. The largest absolute Gasteiger partial charge is 0.343 e. The number of rotatable bonds is 3. The number of carbonyl (C=O) groups is 2.